The Morgan fingerprint density at radius 3 is 2.18 bits per heavy atom. The lowest BCUT2D eigenvalue weighted by Crippen LogP contribution is -2.53. The highest BCUT2D eigenvalue weighted by molar-refractivity contribution is 7.92. The van der Waals surface area contributed by atoms with Gasteiger partial charge in [-0.3, -0.25) is 13.9 Å². The molecule has 230 valence electrons. The molecule has 0 aliphatic rings. The quantitative estimate of drug-likeness (QED) is 0.225. The van der Waals surface area contributed by atoms with Crippen molar-refractivity contribution < 1.29 is 27.1 Å². The van der Waals surface area contributed by atoms with Crippen LogP contribution in [0.5, 0.6) is 5.75 Å². The molecule has 0 saturated heterocycles. The first-order chi connectivity index (χ1) is 21.1. The van der Waals surface area contributed by atoms with Crippen LogP contribution >= 0.6 is 0 Å². The molecule has 0 heterocycles. The van der Waals surface area contributed by atoms with Gasteiger partial charge in [0.25, 0.3) is 10.0 Å². The number of rotatable bonds is 13. The number of methoxy groups -OCH3 is 1. The molecule has 10 heteroatoms. The number of likely N-dealkylation sites (N-methyl/N-ethyl adjacent to an activating group) is 1. The van der Waals surface area contributed by atoms with Crippen molar-refractivity contribution in [2.45, 2.75) is 37.8 Å². The molecular formula is C34H36FN3O5S. The van der Waals surface area contributed by atoms with Crippen LogP contribution in [0.15, 0.2) is 108 Å². The fourth-order valence-corrected chi connectivity index (χ4v) is 6.32. The Hall–Kier alpha value is -4.70. The SMILES string of the molecule is CCNC(=O)C(Cc1ccccc1)N(Cc1ccccc1F)C(=O)CN(c1cc(C)ccc1OC)S(=O)(=O)c1ccccc1. The summed E-state index contributed by atoms with van der Waals surface area (Å²) in [6, 6.07) is 26.9. The fraction of sp³-hybridized carbons (Fsp3) is 0.235. The van der Waals surface area contributed by atoms with Gasteiger partial charge in [0.1, 0.15) is 24.2 Å². The molecule has 4 aromatic rings. The Bertz CT molecular complexity index is 1680. The summed E-state index contributed by atoms with van der Waals surface area (Å²) in [6.07, 6.45) is 0.131. The normalized spacial score (nSPS) is 11.8. The molecule has 4 aromatic carbocycles. The van der Waals surface area contributed by atoms with Crippen LogP contribution in [0, 0.1) is 12.7 Å². The number of nitrogens with one attached hydrogen (secondary N) is 1. The first kappa shape index (κ1) is 32.2. The van der Waals surface area contributed by atoms with Gasteiger partial charge in [-0.15, -0.1) is 0 Å². The number of sulfonamides is 1. The van der Waals surface area contributed by atoms with Crippen molar-refractivity contribution in [1.29, 1.82) is 0 Å². The van der Waals surface area contributed by atoms with E-state index in [0.717, 1.165) is 15.4 Å². The van der Waals surface area contributed by atoms with Gasteiger partial charge in [0.15, 0.2) is 0 Å². The summed E-state index contributed by atoms with van der Waals surface area (Å²) < 4.78 is 49.8. The second-order valence-electron chi connectivity index (χ2n) is 10.2. The van der Waals surface area contributed by atoms with Crippen LogP contribution in [-0.2, 0) is 32.6 Å². The number of aryl methyl sites for hydroxylation is 1. The number of hydrogen-bond donors (Lipinski definition) is 1. The molecule has 0 aromatic heterocycles. The molecule has 0 fully saturated rings. The van der Waals surface area contributed by atoms with Crippen molar-refractivity contribution in [2.24, 2.45) is 0 Å². The van der Waals surface area contributed by atoms with E-state index in [9.17, 15) is 22.4 Å². The first-order valence-electron chi connectivity index (χ1n) is 14.2. The predicted octanol–water partition coefficient (Wildman–Crippen LogP) is 5.11. The monoisotopic (exact) mass is 617 g/mol. The molecule has 2 amide bonds. The van der Waals surface area contributed by atoms with E-state index in [0.29, 0.717) is 6.54 Å². The third-order valence-electron chi connectivity index (χ3n) is 7.13. The van der Waals surface area contributed by atoms with Gasteiger partial charge in [-0.2, -0.15) is 0 Å². The van der Waals surface area contributed by atoms with E-state index in [2.05, 4.69) is 5.32 Å². The topological polar surface area (TPSA) is 96.0 Å². The molecule has 44 heavy (non-hydrogen) atoms. The van der Waals surface area contributed by atoms with Crippen molar-refractivity contribution >= 4 is 27.5 Å². The third-order valence-corrected chi connectivity index (χ3v) is 8.91. The minimum Gasteiger partial charge on any atom is -0.495 e. The van der Waals surface area contributed by atoms with Crippen molar-refractivity contribution in [3.63, 3.8) is 0 Å². The third kappa shape index (κ3) is 7.62. The fourth-order valence-electron chi connectivity index (χ4n) is 4.88. The van der Waals surface area contributed by atoms with Crippen LogP contribution < -0.4 is 14.4 Å². The maximum atomic E-state index is 15.0. The van der Waals surface area contributed by atoms with Crippen LogP contribution in [0.3, 0.4) is 0 Å². The number of carbonyl (C=O) groups is 2. The van der Waals surface area contributed by atoms with Gasteiger partial charge < -0.3 is 15.0 Å². The summed E-state index contributed by atoms with van der Waals surface area (Å²) in [5.41, 5.74) is 1.88. The number of hydrogen-bond acceptors (Lipinski definition) is 5. The Kier molecular flexibility index (Phi) is 10.7. The minimum absolute atomic E-state index is 0.0263. The Morgan fingerprint density at radius 2 is 1.55 bits per heavy atom. The van der Waals surface area contributed by atoms with E-state index in [1.807, 2.05) is 30.3 Å². The summed E-state index contributed by atoms with van der Waals surface area (Å²) in [6.45, 7) is 2.94. The number of carbonyl (C=O) groups excluding carboxylic acids is 2. The summed E-state index contributed by atoms with van der Waals surface area (Å²) in [7, 11) is -2.88. The summed E-state index contributed by atoms with van der Waals surface area (Å²) >= 11 is 0. The maximum Gasteiger partial charge on any atom is 0.264 e. The van der Waals surface area contributed by atoms with Crippen LogP contribution in [0.4, 0.5) is 10.1 Å². The van der Waals surface area contributed by atoms with Crippen LogP contribution in [0.1, 0.15) is 23.6 Å². The van der Waals surface area contributed by atoms with Crippen molar-refractivity contribution in [3.8, 4) is 5.75 Å². The highest BCUT2D eigenvalue weighted by Crippen LogP contribution is 2.34. The number of amides is 2. The van der Waals surface area contributed by atoms with E-state index in [1.165, 1.54) is 42.3 Å². The summed E-state index contributed by atoms with van der Waals surface area (Å²) in [4.78, 5) is 29.2. The van der Waals surface area contributed by atoms with Gasteiger partial charge in [0, 0.05) is 25.1 Å². The molecule has 1 N–H and O–H groups in total. The van der Waals surface area contributed by atoms with Gasteiger partial charge >= 0.3 is 0 Å². The second kappa shape index (κ2) is 14.7. The minimum atomic E-state index is -4.30. The van der Waals surface area contributed by atoms with Gasteiger partial charge in [-0.05, 0) is 55.3 Å². The van der Waals surface area contributed by atoms with E-state index in [-0.39, 0.29) is 34.9 Å². The molecular weight excluding hydrogens is 581 g/mol. The zero-order chi connectivity index (χ0) is 31.7. The largest absolute Gasteiger partial charge is 0.495 e. The standard InChI is InChI=1S/C34H36FN3O5S/c1-4-36-34(40)31(22-26-13-7-5-8-14-26)37(23-27-15-11-12-18-29(27)35)33(39)24-38(30-21-25(2)19-20-32(30)43-3)44(41,42)28-16-9-6-10-17-28/h5-21,31H,4,22-24H2,1-3H3,(H,36,40). The molecule has 0 bridgehead atoms. The zero-order valence-electron chi connectivity index (χ0n) is 24.9. The van der Waals surface area contributed by atoms with Crippen molar-refractivity contribution in [1.82, 2.24) is 10.2 Å². The van der Waals surface area contributed by atoms with Gasteiger partial charge in [0.2, 0.25) is 11.8 Å². The first-order valence-corrected chi connectivity index (χ1v) is 15.7. The van der Waals surface area contributed by atoms with Gasteiger partial charge in [-0.25, -0.2) is 12.8 Å². The summed E-state index contributed by atoms with van der Waals surface area (Å²) in [5.74, 6) is -1.43. The van der Waals surface area contributed by atoms with Crippen LogP contribution in [0.25, 0.3) is 0 Å². The molecule has 1 atom stereocenters. The molecule has 0 aliphatic heterocycles. The summed E-state index contributed by atoms with van der Waals surface area (Å²) in [5, 5.41) is 2.79. The zero-order valence-corrected chi connectivity index (χ0v) is 25.8. The lowest BCUT2D eigenvalue weighted by Gasteiger charge is -2.34. The molecule has 0 aliphatic carbocycles. The lowest BCUT2D eigenvalue weighted by atomic mass is 10.0. The van der Waals surface area contributed by atoms with Crippen LogP contribution in [0.2, 0.25) is 0 Å². The van der Waals surface area contributed by atoms with Crippen molar-refractivity contribution in [2.75, 3.05) is 24.5 Å². The number of anilines is 1. The van der Waals surface area contributed by atoms with Crippen LogP contribution in [-0.4, -0.2) is 51.4 Å². The molecule has 0 saturated carbocycles. The van der Waals surface area contributed by atoms with Gasteiger partial charge in [0.05, 0.1) is 17.7 Å². The highest BCUT2D eigenvalue weighted by Gasteiger charge is 2.35. The molecule has 8 nitrogen and oxygen atoms in total. The van der Waals surface area contributed by atoms with Gasteiger partial charge in [-0.1, -0.05) is 72.8 Å². The van der Waals surface area contributed by atoms with Crippen molar-refractivity contribution in [3.05, 3.63) is 126 Å². The van der Waals surface area contributed by atoms with E-state index < -0.39 is 40.2 Å². The Morgan fingerprint density at radius 1 is 0.909 bits per heavy atom. The van der Waals surface area contributed by atoms with E-state index in [1.54, 1.807) is 56.3 Å². The average molecular weight is 618 g/mol. The molecule has 1 unspecified atom stereocenters. The number of ether oxygens (including phenoxy) is 1. The average Bonchev–Trinajstić information content (AvgIpc) is 3.03. The molecule has 0 spiro atoms. The lowest BCUT2D eigenvalue weighted by molar-refractivity contribution is -0.140. The maximum absolute atomic E-state index is 15.0. The smallest absolute Gasteiger partial charge is 0.264 e. The second-order valence-corrected chi connectivity index (χ2v) is 12.1. The predicted molar refractivity (Wildman–Crippen MR) is 168 cm³/mol. The number of nitrogens with zero attached hydrogens (tertiary/aromatic N) is 2. The Balaban J connectivity index is 1.85. The Labute approximate surface area is 258 Å². The highest BCUT2D eigenvalue weighted by atomic mass is 32.2. The van der Waals surface area contributed by atoms with E-state index in [4.69, 9.17) is 4.74 Å². The molecule has 4 rings (SSSR count). The van der Waals surface area contributed by atoms with E-state index >= 15 is 0 Å². The number of halogens is 1. The molecule has 0 radical (unpaired) electrons. The number of benzene rings is 4.